The molecule has 1 saturated heterocycles. The van der Waals surface area contributed by atoms with Gasteiger partial charge in [0.15, 0.2) is 12.4 Å². The van der Waals surface area contributed by atoms with Gasteiger partial charge in [0.05, 0.1) is 17.5 Å². The third-order valence-electron chi connectivity index (χ3n) is 5.44. The first-order chi connectivity index (χ1) is 14.3. The number of rotatable bonds is 5. The van der Waals surface area contributed by atoms with Gasteiger partial charge in [0, 0.05) is 24.2 Å². The van der Waals surface area contributed by atoms with Gasteiger partial charge < -0.3 is 15.0 Å². The summed E-state index contributed by atoms with van der Waals surface area (Å²) in [6.07, 6.45) is -0.106. The minimum absolute atomic E-state index is 0.00304. The fraction of sp³-hybridized carbons (Fsp3) is 0.273. The molecule has 0 aromatic heterocycles. The molecule has 1 N–H and O–H groups in total. The maximum atomic E-state index is 14.0. The van der Waals surface area contributed by atoms with E-state index in [0.29, 0.717) is 11.3 Å². The highest BCUT2D eigenvalue weighted by Crippen LogP contribution is 2.33. The molecule has 8 heteroatoms. The van der Waals surface area contributed by atoms with E-state index < -0.39 is 30.1 Å². The van der Waals surface area contributed by atoms with E-state index in [1.54, 1.807) is 31.2 Å². The van der Waals surface area contributed by atoms with Gasteiger partial charge in [-0.1, -0.05) is 12.1 Å². The van der Waals surface area contributed by atoms with Crippen molar-refractivity contribution in [2.45, 2.75) is 19.3 Å². The number of anilines is 2. The Hall–Kier alpha value is -3.55. The first-order valence-electron chi connectivity index (χ1n) is 9.54. The fourth-order valence-corrected chi connectivity index (χ4v) is 3.70. The molecule has 2 heterocycles. The molecular formula is C22H19FN2O5. The van der Waals surface area contributed by atoms with Crippen molar-refractivity contribution in [1.82, 2.24) is 0 Å². The van der Waals surface area contributed by atoms with Crippen molar-refractivity contribution in [2.24, 2.45) is 5.92 Å². The molecule has 7 nitrogen and oxygen atoms in total. The zero-order chi connectivity index (χ0) is 21.4. The number of ketones is 1. The van der Waals surface area contributed by atoms with E-state index >= 15 is 0 Å². The number of carbonyl (C=O) groups is 4. The molecule has 0 aliphatic carbocycles. The number of nitrogens with zero attached hydrogens (tertiary/aromatic N) is 1. The molecular weight excluding hydrogens is 391 g/mol. The quantitative estimate of drug-likeness (QED) is 0.604. The van der Waals surface area contributed by atoms with Crippen LogP contribution in [0.4, 0.5) is 15.8 Å². The highest BCUT2D eigenvalue weighted by atomic mass is 19.1. The molecule has 0 radical (unpaired) electrons. The standard InChI is InChI=1S/C22H19FN2O5/c1-12-15-8-13(6-7-17(15)24-21(12)28)19(26)11-30-22(29)14-9-20(27)25(10-14)18-5-3-2-4-16(18)23/h2-8,12,14H,9-11H2,1H3,(H,24,28)/t12-,14-/m1/s1. The van der Waals surface area contributed by atoms with Crippen molar-refractivity contribution in [3.63, 3.8) is 0 Å². The minimum atomic E-state index is -0.772. The third kappa shape index (κ3) is 3.56. The van der Waals surface area contributed by atoms with Crippen molar-refractivity contribution in [3.8, 4) is 0 Å². The van der Waals surface area contributed by atoms with E-state index in [1.807, 2.05) is 0 Å². The summed E-state index contributed by atoms with van der Waals surface area (Å²) in [7, 11) is 0. The lowest BCUT2D eigenvalue weighted by molar-refractivity contribution is -0.147. The van der Waals surface area contributed by atoms with Crippen LogP contribution in [0.3, 0.4) is 0 Å². The first-order valence-corrected chi connectivity index (χ1v) is 9.54. The number of halogens is 1. The Kier molecular flexibility index (Phi) is 5.07. The molecule has 2 aromatic carbocycles. The number of hydrogen-bond acceptors (Lipinski definition) is 5. The minimum Gasteiger partial charge on any atom is -0.457 e. The number of ether oxygens (including phenoxy) is 1. The van der Waals surface area contributed by atoms with E-state index in [2.05, 4.69) is 5.32 Å². The number of nitrogens with one attached hydrogen (secondary N) is 1. The van der Waals surface area contributed by atoms with Crippen LogP contribution in [0, 0.1) is 11.7 Å². The van der Waals surface area contributed by atoms with Crippen LogP contribution in [0.2, 0.25) is 0 Å². The van der Waals surface area contributed by atoms with Crippen LogP contribution in [-0.4, -0.2) is 36.7 Å². The molecule has 0 saturated carbocycles. The van der Waals surface area contributed by atoms with E-state index in [-0.39, 0.29) is 36.4 Å². The van der Waals surface area contributed by atoms with Gasteiger partial charge in [0.2, 0.25) is 11.8 Å². The summed E-state index contributed by atoms with van der Waals surface area (Å²) in [6, 6.07) is 10.7. The van der Waals surface area contributed by atoms with Crippen LogP contribution in [0.15, 0.2) is 42.5 Å². The second-order valence-corrected chi connectivity index (χ2v) is 7.40. The maximum absolute atomic E-state index is 14.0. The number of benzene rings is 2. The average molecular weight is 410 g/mol. The molecule has 2 amide bonds. The number of hydrogen-bond donors (Lipinski definition) is 1. The third-order valence-corrected chi connectivity index (χ3v) is 5.44. The fourth-order valence-electron chi connectivity index (χ4n) is 3.70. The molecule has 4 rings (SSSR count). The Balaban J connectivity index is 1.37. The lowest BCUT2D eigenvalue weighted by Gasteiger charge is -2.17. The van der Waals surface area contributed by atoms with Gasteiger partial charge in [-0.15, -0.1) is 0 Å². The molecule has 2 aliphatic heterocycles. The topological polar surface area (TPSA) is 92.8 Å². The molecule has 0 bridgehead atoms. The van der Waals surface area contributed by atoms with E-state index in [1.165, 1.54) is 23.1 Å². The Morgan fingerprint density at radius 1 is 1.20 bits per heavy atom. The predicted molar refractivity (Wildman–Crippen MR) is 106 cm³/mol. The van der Waals surface area contributed by atoms with Crippen molar-refractivity contribution in [3.05, 3.63) is 59.4 Å². The van der Waals surface area contributed by atoms with Gasteiger partial charge in [-0.25, -0.2) is 4.39 Å². The van der Waals surface area contributed by atoms with Gasteiger partial charge in [-0.05, 0) is 42.8 Å². The SMILES string of the molecule is C[C@H]1C(=O)Nc2ccc(C(=O)COC(=O)[C@@H]3CC(=O)N(c4ccccc4F)C3)cc21. The summed E-state index contributed by atoms with van der Waals surface area (Å²) in [5, 5.41) is 2.73. The zero-order valence-corrected chi connectivity index (χ0v) is 16.2. The molecule has 30 heavy (non-hydrogen) atoms. The summed E-state index contributed by atoms with van der Waals surface area (Å²) >= 11 is 0. The van der Waals surface area contributed by atoms with Crippen LogP contribution in [0.5, 0.6) is 0 Å². The number of carbonyl (C=O) groups excluding carboxylic acids is 4. The highest BCUT2D eigenvalue weighted by molar-refractivity contribution is 6.05. The summed E-state index contributed by atoms with van der Waals surface area (Å²) in [5.74, 6) is -3.27. The molecule has 2 atom stereocenters. The number of Topliss-reactive ketones (excluding diaryl/α,β-unsaturated/α-hetero) is 1. The van der Waals surface area contributed by atoms with E-state index in [0.717, 1.165) is 5.56 Å². The molecule has 2 aromatic rings. The van der Waals surface area contributed by atoms with Crippen LogP contribution in [0.1, 0.15) is 35.2 Å². The van der Waals surface area contributed by atoms with Gasteiger partial charge in [0.25, 0.3) is 0 Å². The molecule has 154 valence electrons. The molecule has 0 unspecified atom stereocenters. The number of fused-ring (bicyclic) bond motifs is 1. The van der Waals surface area contributed by atoms with Gasteiger partial charge in [0.1, 0.15) is 5.82 Å². The normalized spacial score (nSPS) is 20.1. The Morgan fingerprint density at radius 3 is 2.73 bits per heavy atom. The molecule has 0 spiro atoms. The van der Waals surface area contributed by atoms with Crippen LogP contribution >= 0.6 is 0 Å². The highest BCUT2D eigenvalue weighted by Gasteiger charge is 2.37. The smallest absolute Gasteiger partial charge is 0.311 e. The van der Waals surface area contributed by atoms with Gasteiger partial charge in [-0.3, -0.25) is 19.2 Å². The molecule has 1 fully saturated rings. The Morgan fingerprint density at radius 2 is 1.97 bits per heavy atom. The number of amides is 2. The summed E-state index contributed by atoms with van der Waals surface area (Å²) < 4.78 is 19.1. The second kappa shape index (κ2) is 7.70. The van der Waals surface area contributed by atoms with Crippen LogP contribution in [0.25, 0.3) is 0 Å². The number of para-hydroxylation sites is 1. The first kappa shape index (κ1) is 19.8. The van der Waals surface area contributed by atoms with E-state index in [4.69, 9.17) is 4.74 Å². The van der Waals surface area contributed by atoms with Crippen molar-refractivity contribution in [1.29, 1.82) is 0 Å². The maximum Gasteiger partial charge on any atom is 0.311 e. The van der Waals surface area contributed by atoms with E-state index in [9.17, 15) is 23.6 Å². The Bertz CT molecular complexity index is 1070. The monoisotopic (exact) mass is 410 g/mol. The molecule has 2 aliphatic rings. The lowest BCUT2D eigenvalue weighted by Crippen LogP contribution is -2.27. The zero-order valence-electron chi connectivity index (χ0n) is 16.2. The van der Waals surface area contributed by atoms with Crippen LogP contribution in [-0.2, 0) is 19.1 Å². The summed E-state index contributed by atoms with van der Waals surface area (Å²) in [4.78, 5) is 50.0. The number of esters is 1. The van der Waals surface area contributed by atoms with Crippen molar-refractivity contribution in [2.75, 3.05) is 23.4 Å². The van der Waals surface area contributed by atoms with Gasteiger partial charge >= 0.3 is 5.97 Å². The lowest BCUT2D eigenvalue weighted by atomic mass is 9.99. The Labute approximate surface area is 171 Å². The predicted octanol–water partition coefficient (Wildman–Crippen LogP) is 2.66. The largest absolute Gasteiger partial charge is 0.457 e. The second-order valence-electron chi connectivity index (χ2n) is 7.40. The van der Waals surface area contributed by atoms with Crippen LogP contribution < -0.4 is 10.2 Å². The summed E-state index contributed by atoms with van der Waals surface area (Å²) in [5.41, 5.74) is 1.84. The summed E-state index contributed by atoms with van der Waals surface area (Å²) in [6.45, 7) is 1.27. The van der Waals surface area contributed by atoms with Gasteiger partial charge in [-0.2, -0.15) is 0 Å². The van der Waals surface area contributed by atoms with Crippen molar-refractivity contribution < 1.29 is 28.3 Å². The van der Waals surface area contributed by atoms with Crippen molar-refractivity contribution >= 4 is 34.9 Å². The average Bonchev–Trinajstić information content (AvgIpc) is 3.25.